The van der Waals surface area contributed by atoms with E-state index in [1.54, 1.807) is 6.92 Å². The van der Waals surface area contributed by atoms with Crippen LogP contribution >= 0.6 is 0 Å². The average Bonchev–Trinajstić information content (AvgIpc) is 2.22. The van der Waals surface area contributed by atoms with Gasteiger partial charge in [-0.25, -0.2) is 0 Å². The Labute approximate surface area is 89.2 Å². The predicted octanol–water partition coefficient (Wildman–Crippen LogP) is 1.16. The second kappa shape index (κ2) is 5.09. The van der Waals surface area contributed by atoms with Crippen LogP contribution in [0.4, 0.5) is 0 Å². The summed E-state index contributed by atoms with van der Waals surface area (Å²) >= 11 is 0. The minimum Gasteiger partial charge on any atom is -0.435 e. The number of ether oxygens (including phenoxy) is 2. The third-order valence-corrected chi connectivity index (χ3v) is 2.25. The Morgan fingerprint density at radius 3 is 3.00 bits per heavy atom. The Hall–Kier alpha value is -1.13. The van der Waals surface area contributed by atoms with Gasteiger partial charge >= 0.3 is 5.97 Å². The van der Waals surface area contributed by atoms with E-state index in [0.717, 1.165) is 0 Å². The summed E-state index contributed by atoms with van der Waals surface area (Å²) in [5, 5.41) is 9.61. The van der Waals surface area contributed by atoms with E-state index in [0.29, 0.717) is 18.4 Å². The third kappa shape index (κ3) is 2.91. The summed E-state index contributed by atoms with van der Waals surface area (Å²) in [6.45, 7) is 8.95. The average molecular weight is 212 g/mol. The van der Waals surface area contributed by atoms with Crippen molar-refractivity contribution < 1.29 is 19.4 Å². The molecule has 1 saturated heterocycles. The molecule has 1 heterocycles. The molecule has 0 saturated carbocycles. The van der Waals surface area contributed by atoms with Crippen molar-refractivity contribution >= 4 is 5.97 Å². The predicted molar refractivity (Wildman–Crippen MR) is 55.0 cm³/mol. The van der Waals surface area contributed by atoms with E-state index >= 15 is 0 Å². The van der Waals surface area contributed by atoms with Gasteiger partial charge in [-0.05, 0) is 5.57 Å². The summed E-state index contributed by atoms with van der Waals surface area (Å²) in [6, 6.07) is 0. The van der Waals surface area contributed by atoms with Gasteiger partial charge in [0.1, 0.15) is 12.2 Å². The number of hydrogen-bond acceptors (Lipinski definition) is 4. The molecule has 0 aromatic rings. The molecule has 3 atom stereocenters. The van der Waals surface area contributed by atoms with E-state index in [-0.39, 0.29) is 5.97 Å². The maximum absolute atomic E-state index is 11.0. The fraction of sp³-hybridized carbons (Fsp3) is 0.545. The third-order valence-electron chi connectivity index (χ3n) is 2.25. The molecule has 1 rings (SSSR count). The minimum atomic E-state index is -0.765. The molecule has 1 fully saturated rings. The van der Waals surface area contributed by atoms with Crippen LogP contribution in [0.25, 0.3) is 0 Å². The van der Waals surface area contributed by atoms with Crippen LogP contribution in [-0.4, -0.2) is 29.6 Å². The van der Waals surface area contributed by atoms with Crippen LogP contribution in [0, 0.1) is 0 Å². The quantitative estimate of drug-likeness (QED) is 0.563. The van der Waals surface area contributed by atoms with Crippen LogP contribution in [0.3, 0.4) is 0 Å². The fourth-order valence-electron chi connectivity index (χ4n) is 1.35. The molecule has 0 aliphatic carbocycles. The molecule has 0 aromatic carbocycles. The van der Waals surface area contributed by atoms with Gasteiger partial charge in [0.2, 0.25) is 6.29 Å². The Balaban J connectivity index is 2.59. The van der Waals surface area contributed by atoms with Crippen molar-refractivity contribution in [3.8, 4) is 0 Å². The first-order valence-corrected chi connectivity index (χ1v) is 4.91. The molecule has 1 aliphatic rings. The highest BCUT2D eigenvalue weighted by molar-refractivity contribution is 5.69. The van der Waals surface area contributed by atoms with Gasteiger partial charge in [-0.2, -0.15) is 0 Å². The molecule has 0 aromatic heterocycles. The lowest BCUT2D eigenvalue weighted by Crippen LogP contribution is -2.40. The van der Waals surface area contributed by atoms with Crippen LogP contribution in [-0.2, 0) is 14.3 Å². The Morgan fingerprint density at radius 1 is 1.80 bits per heavy atom. The van der Waals surface area contributed by atoms with Crippen molar-refractivity contribution in [2.24, 2.45) is 0 Å². The second-order valence-corrected chi connectivity index (χ2v) is 3.42. The number of hydrogen-bond donors (Lipinski definition) is 1. The van der Waals surface area contributed by atoms with Gasteiger partial charge in [0, 0.05) is 12.8 Å². The van der Waals surface area contributed by atoms with E-state index in [1.807, 2.05) is 0 Å². The van der Waals surface area contributed by atoms with Crippen LogP contribution in [0.1, 0.15) is 19.8 Å². The van der Waals surface area contributed by atoms with E-state index in [4.69, 9.17) is 9.47 Å². The number of aliphatic hydroxyl groups is 1. The molecular weight excluding hydrogens is 196 g/mol. The molecule has 84 valence electrons. The molecule has 1 aliphatic heterocycles. The zero-order chi connectivity index (χ0) is 11.4. The molecule has 4 nitrogen and oxygen atoms in total. The molecular formula is C11H16O4. The normalized spacial score (nSPS) is 31.1. The minimum absolute atomic E-state index is 0.299. The lowest BCUT2D eigenvalue weighted by molar-refractivity contribution is -0.201. The van der Waals surface area contributed by atoms with Crippen molar-refractivity contribution in [1.82, 2.24) is 0 Å². The van der Waals surface area contributed by atoms with Crippen LogP contribution < -0.4 is 0 Å². The topological polar surface area (TPSA) is 55.8 Å². The number of rotatable bonds is 3. The van der Waals surface area contributed by atoms with Crippen molar-refractivity contribution in [3.63, 3.8) is 0 Å². The molecule has 1 N–H and O–H groups in total. The molecule has 4 heteroatoms. The zero-order valence-corrected chi connectivity index (χ0v) is 8.81. The second-order valence-electron chi connectivity index (χ2n) is 3.42. The first-order chi connectivity index (χ1) is 7.08. The van der Waals surface area contributed by atoms with Gasteiger partial charge < -0.3 is 14.6 Å². The summed E-state index contributed by atoms with van der Waals surface area (Å²) < 4.78 is 10.3. The standard InChI is InChI=1S/C11H16O4/c1-4-8-11(13)7(3)6-10(14-8)15-9(12)5-2/h4,8,10-11,13H,1,3,5-6H2,2H3/t8-,10+,11+/m1/s1. The Morgan fingerprint density at radius 2 is 2.47 bits per heavy atom. The highest BCUT2D eigenvalue weighted by Gasteiger charge is 2.32. The lowest BCUT2D eigenvalue weighted by Gasteiger charge is -2.33. The summed E-state index contributed by atoms with van der Waals surface area (Å²) in [5.41, 5.74) is 0.597. The smallest absolute Gasteiger partial charge is 0.307 e. The van der Waals surface area contributed by atoms with Gasteiger partial charge in [0.05, 0.1) is 0 Å². The summed E-state index contributed by atoms with van der Waals surface area (Å²) in [6.07, 6.45) is 0.128. The first-order valence-electron chi connectivity index (χ1n) is 4.91. The van der Waals surface area contributed by atoms with Gasteiger partial charge in [0.25, 0.3) is 0 Å². The lowest BCUT2D eigenvalue weighted by atomic mass is 10.00. The summed E-state index contributed by atoms with van der Waals surface area (Å²) in [4.78, 5) is 11.0. The number of aliphatic hydroxyl groups excluding tert-OH is 1. The maximum Gasteiger partial charge on any atom is 0.307 e. The highest BCUT2D eigenvalue weighted by atomic mass is 16.7. The zero-order valence-electron chi connectivity index (χ0n) is 8.81. The number of esters is 1. The van der Waals surface area contributed by atoms with E-state index in [1.165, 1.54) is 6.08 Å². The van der Waals surface area contributed by atoms with E-state index < -0.39 is 18.5 Å². The van der Waals surface area contributed by atoms with Crippen LogP contribution in [0.15, 0.2) is 24.8 Å². The summed E-state index contributed by atoms with van der Waals surface area (Å²) in [7, 11) is 0. The Bertz CT molecular complexity index is 270. The maximum atomic E-state index is 11.0. The fourth-order valence-corrected chi connectivity index (χ4v) is 1.35. The monoisotopic (exact) mass is 212 g/mol. The SMILES string of the molecule is C=C[C@H]1O[C@@H](OC(=O)CC)CC(=C)[C@@H]1O. The van der Waals surface area contributed by atoms with Crippen LogP contribution in [0.2, 0.25) is 0 Å². The van der Waals surface area contributed by atoms with Gasteiger partial charge in [-0.15, -0.1) is 6.58 Å². The molecule has 0 amide bonds. The molecule has 0 radical (unpaired) electrons. The van der Waals surface area contributed by atoms with Gasteiger partial charge in [-0.1, -0.05) is 19.6 Å². The van der Waals surface area contributed by atoms with Crippen molar-refractivity contribution in [1.29, 1.82) is 0 Å². The Kier molecular flexibility index (Phi) is 4.05. The van der Waals surface area contributed by atoms with Crippen molar-refractivity contribution in [3.05, 3.63) is 24.8 Å². The largest absolute Gasteiger partial charge is 0.435 e. The van der Waals surface area contributed by atoms with Gasteiger partial charge in [0.15, 0.2) is 0 Å². The molecule has 15 heavy (non-hydrogen) atoms. The first kappa shape index (κ1) is 11.9. The molecule has 0 bridgehead atoms. The highest BCUT2D eigenvalue weighted by Crippen LogP contribution is 2.25. The van der Waals surface area contributed by atoms with Gasteiger partial charge in [-0.3, -0.25) is 4.79 Å². The van der Waals surface area contributed by atoms with E-state index in [9.17, 15) is 9.90 Å². The van der Waals surface area contributed by atoms with E-state index in [2.05, 4.69) is 13.2 Å². The molecule has 0 spiro atoms. The summed E-state index contributed by atoms with van der Waals surface area (Å²) in [5.74, 6) is -0.327. The van der Waals surface area contributed by atoms with Crippen LogP contribution in [0.5, 0.6) is 0 Å². The van der Waals surface area contributed by atoms with Crippen molar-refractivity contribution in [2.45, 2.75) is 38.3 Å². The van der Waals surface area contributed by atoms with Crippen molar-refractivity contribution in [2.75, 3.05) is 0 Å². The number of carbonyl (C=O) groups excluding carboxylic acids is 1. The number of carbonyl (C=O) groups is 1. The molecule has 0 unspecified atom stereocenters.